The van der Waals surface area contributed by atoms with Crippen LogP contribution in [0.1, 0.15) is 17.3 Å². The lowest BCUT2D eigenvalue weighted by molar-refractivity contribution is 0.0523. The molecular formula is C16H15FIN3O2. The molecule has 1 aromatic heterocycles. The summed E-state index contributed by atoms with van der Waals surface area (Å²) in [6.07, 6.45) is 1.71. The van der Waals surface area contributed by atoms with E-state index in [1.165, 1.54) is 6.07 Å². The van der Waals surface area contributed by atoms with Crippen molar-refractivity contribution in [1.82, 2.24) is 4.57 Å². The molecule has 0 unspecified atom stereocenters. The minimum absolute atomic E-state index is 0.193. The second-order valence-electron chi connectivity index (χ2n) is 5.01. The molecule has 0 atom stereocenters. The number of pyridine rings is 1. The van der Waals surface area contributed by atoms with Crippen LogP contribution >= 0.6 is 22.6 Å². The first-order valence-corrected chi connectivity index (χ1v) is 8.31. The Labute approximate surface area is 146 Å². The summed E-state index contributed by atoms with van der Waals surface area (Å²) in [6, 6.07) is 6.52. The van der Waals surface area contributed by atoms with Gasteiger partial charge in [0.1, 0.15) is 17.2 Å². The van der Waals surface area contributed by atoms with E-state index in [1.807, 2.05) is 27.2 Å². The van der Waals surface area contributed by atoms with Gasteiger partial charge in [0.25, 0.3) is 0 Å². The zero-order valence-electron chi connectivity index (χ0n) is 12.5. The first-order valence-electron chi connectivity index (χ1n) is 7.23. The number of nitrogens with one attached hydrogen (secondary N) is 1. The zero-order chi connectivity index (χ0) is 16.4. The molecular weight excluding hydrogens is 412 g/mol. The summed E-state index contributed by atoms with van der Waals surface area (Å²) in [5, 5.41) is 3.60. The van der Waals surface area contributed by atoms with Gasteiger partial charge in [-0.25, -0.2) is 14.2 Å². The van der Waals surface area contributed by atoms with Crippen LogP contribution in [0.5, 0.6) is 0 Å². The van der Waals surface area contributed by atoms with Gasteiger partial charge in [0.2, 0.25) is 0 Å². The second kappa shape index (κ2) is 6.69. The van der Waals surface area contributed by atoms with Crippen LogP contribution in [0.3, 0.4) is 0 Å². The maximum absolute atomic E-state index is 14.1. The van der Waals surface area contributed by atoms with Crippen molar-refractivity contribution >= 4 is 40.1 Å². The number of hydrogen-bond donors (Lipinski definition) is 1. The molecule has 1 N–H and O–H groups in total. The van der Waals surface area contributed by atoms with Gasteiger partial charge in [-0.2, -0.15) is 0 Å². The van der Waals surface area contributed by atoms with Crippen LogP contribution < -0.4 is 10.7 Å². The van der Waals surface area contributed by atoms with Gasteiger partial charge >= 0.3 is 5.97 Å². The molecule has 0 aliphatic carbocycles. The number of nitrogens with zero attached hydrogens (tertiary/aromatic N) is 2. The summed E-state index contributed by atoms with van der Waals surface area (Å²) >= 11 is 2.04. The fourth-order valence-electron chi connectivity index (χ4n) is 2.38. The molecule has 5 nitrogen and oxygen atoms in total. The lowest BCUT2D eigenvalue weighted by Crippen LogP contribution is -2.20. The maximum Gasteiger partial charge on any atom is 0.341 e. The van der Waals surface area contributed by atoms with Gasteiger partial charge in [-0.3, -0.25) is 0 Å². The van der Waals surface area contributed by atoms with Crippen molar-refractivity contribution in [2.75, 3.05) is 18.5 Å². The lowest BCUT2D eigenvalue weighted by atomic mass is 10.2. The SMILES string of the molecule is CCOC(=O)c1cn2c(cc1=Nc1ccc(I)cc1F)NCC2. The number of ether oxygens (including phenoxy) is 1. The number of halogens is 2. The summed E-state index contributed by atoms with van der Waals surface area (Å²) in [6.45, 7) is 3.56. The molecule has 0 bridgehead atoms. The zero-order valence-corrected chi connectivity index (χ0v) is 14.6. The van der Waals surface area contributed by atoms with Crippen molar-refractivity contribution in [1.29, 1.82) is 0 Å². The third-order valence-electron chi connectivity index (χ3n) is 3.45. The second-order valence-corrected chi connectivity index (χ2v) is 6.25. The summed E-state index contributed by atoms with van der Waals surface area (Å²) in [5.74, 6) is -0.0325. The van der Waals surface area contributed by atoms with E-state index in [4.69, 9.17) is 4.74 Å². The highest BCUT2D eigenvalue weighted by Gasteiger charge is 2.16. The lowest BCUT2D eigenvalue weighted by Gasteiger charge is -2.08. The highest BCUT2D eigenvalue weighted by molar-refractivity contribution is 14.1. The summed E-state index contributed by atoms with van der Waals surface area (Å²) < 4.78 is 21.9. The van der Waals surface area contributed by atoms with Crippen molar-refractivity contribution < 1.29 is 13.9 Å². The normalized spacial score (nSPS) is 13.6. The Hall–Kier alpha value is -1.90. The Kier molecular flexibility index (Phi) is 4.65. The average molecular weight is 427 g/mol. The van der Waals surface area contributed by atoms with Crippen LogP contribution in [0, 0.1) is 9.39 Å². The molecule has 1 aromatic carbocycles. The summed E-state index contributed by atoms with van der Waals surface area (Å²) in [7, 11) is 0. The molecule has 0 amide bonds. The molecule has 0 radical (unpaired) electrons. The number of rotatable bonds is 3. The molecule has 23 heavy (non-hydrogen) atoms. The minimum Gasteiger partial charge on any atom is -0.462 e. The number of fused-ring (bicyclic) bond motifs is 1. The average Bonchev–Trinajstić information content (AvgIpc) is 2.96. The Bertz CT molecular complexity index is 833. The van der Waals surface area contributed by atoms with E-state index >= 15 is 0 Å². The molecule has 2 aromatic rings. The van der Waals surface area contributed by atoms with Gasteiger partial charge in [0.15, 0.2) is 0 Å². The van der Waals surface area contributed by atoms with Gasteiger partial charge in [-0.15, -0.1) is 0 Å². The molecule has 0 saturated heterocycles. The molecule has 3 rings (SSSR count). The van der Waals surface area contributed by atoms with Crippen LogP contribution in [0.15, 0.2) is 35.5 Å². The number of anilines is 1. The molecule has 0 saturated carbocycles. The predicted octanol–water partition coefficient (Wildman–Crippen LogP) is 3.07. The quantitative estimate of drug-likeness (QED) is 0.606. The molecule has 0 spiro atoms. The van der Waals surface area contributed by atoms with E-state index < -0.39 is 11.8 Å². The van der Waals surface area contributed by atoms with Crippen LogP contribution in [0.2, 0.25) is 0 Å². The van der Waals surface area contributed by atoms with Crippen molar-refractivity contribution in [3.8, 4) is 0 Å². The number of carbonyl (C=O) groups is 1. The number of aromatic nitrogens is 1. The van der Waals surface area contributed by atoms with Crippen LogP contribution in [0.4, 0.5) is 15.9 Å². The Morgan fingerprint density at radius 3 is 3.04 bits per heavy atom. The van der Waals surface area contributed by atoms with Crippen LogP contribution in [0.25, 0.3) is 0 Å². The van der Waals surface area contributed by atoms with Crippen LogP contribution in [-0.4, -0.2) is 23.7 Å². The number of esters is 1. The highest BCUT2D eigenvalue weighted by Crippen LogP contribution is 2.20. The predicted molar refractivity (Wildman–Crippen MR) is 93.2 cm³/mol. The number of hydrogen-bond acceptors (Lipinski definition) is 4. The van der Waals surface area contributed by atoms with E-state index in [-0.39, 0.29) is 12.3 Å². The topological polar surface area (TPSA) is 55.6 Å². The first-order chi connectivity index (χ1) is 11.1. The highest BCUT2D eigenvalue weighted by atomic mass is 127. The van der Waals surface area contributed by atoms with Gasteiger partial charge < -0.3 is 14.6 Å². The largest absolute Gasteiger partial charge is 0.462 e. The van der Waals surface area contributed by atoms with Gasteiger partial charge in [-0.1, -0.05) is 0 Å². The van der Waals surface area contributed by atoms with E-state index in [2.05, 4.69) is 10.3 Å². The Balaban J connectivity index is 2.16. The monoisotopic (exact) mass is 427 g/mol. The van der Waals surface area contributed by atoms with Gasteiger partial charge in [0.05, 0.1) is 17.7 Å². The van der Waals surface area contributed by atoms with Crippen molar-refractivity contribution in [2.45, 2.75) is 13.5 Å². The van der Waals surface area contributed by atoms with Crippen molar-refractivity contribution in [3.63, 3.8) is 0 Å². The fraction of sp³-hybridized carbons (Fsp3) is 0.250. The van der Waals surface area contributed by atoms with E-state index in [9.17, 15) is 9.18 Å². The third-order valence-corrected chi connectivity index (χ3v) is 4.12. The summed E-state index contributed by atoms with van der Waals surface area (Å²) in [5.41, 5.74) is 0.524. The first kappa shape index (κ1) is 16.0. The maximum atomic E-state index is 14.1. The number of carbonyl (C=O) groups excluding carboxylic acids is 1. The molecule has 2 heterocycles. The Morgan fingerprint density at radius 1 is 1.48 bits per heavy atom. The number of benzene rings is 1. The van der Waals surface area contributed by atoms with Crippen molar-refractivity contribution in [3.05, 3.63) is 50.8 Å². The third kappa shape index (κ3) is 3.39. The minimum atomic E-state index is -0.459. The molecule has 0 fully saturated rings. The van der Waals surface area contributed by atoms with Gasteiger partial charge in [0, 0.05) is 28.9 Å². The smallest absolute Gasteiger partial charge is 0.341 e. The van der Waals surface area contributed by atoms with E-state index in [0.29, 0.717) is 10.9 Å². The molecule has 1 aliphatic heterocycles. The fourth-order valence-corrected chi connectivity index (χ4v) is 2.84. The standard InChI is InChI=1S/C16H15FIN3O2/c1-2-23-16(22)11-9-21-6-5-19-15(21)8-14(11)20-13-4-3-10(18)7-12(13)17/h3-4,7-9,19H,2,5-6H2,1H3. The van der Waals surface area contributed by atoms with Crippen LogP contribution in [-0.2, 0) is 11.3 Å². The van der Waals surface area contributed by atoms with Crippen molar-refractivity contribution in [2.24, 2.45) is 4.99 Å². The Morgan fingerprint density at radius 2 is 2.30 bits per heavy atom. The molecule has 7 heteroatoms. The summed E-state index contributed by atoms with van der Waals surface area (Å²) in [4.78, 5) is 16.5. The van der Waals surface area contributed by atoms with Gasteiger partial charge in [-0.05, 0) is 47.7 Å². The van der Waals surface area contributed by atoms with E-state index in [1.54, 1.807) is 31.3 Å². The molecule has 120 valence electrons. The molecule has 1 aliphatic rings. The van der Waals surface area contributed by atoms with E-state index in [0.717, 1.165) is 22.5 Å².